The van der Waals surface area contributed by atoms with Crippen LogP contribution in [0.4, 0.5) is 30.6 Å². The summed E-state index contributed by atoms with van der Waals surface area (Å²) in [5.41, 5.74) is 1.25. The minimum atomic E-state index is -4.85. The van der Waals surface area contributed by atoms with Crippen LogP contribution in [0.25, 0.3) is 11.3 Å². The van der Waals surface area contributed by atoms with E-state index in [0.29, 0.717) is 17.0 Å². The van der Waals surface area contributed by atoms with E-state index >= 15 is 0 Å². The Balaban J connectivity index is 2.08. The number of alkyl halides is 3. The first-order chi connectivity index (χ1) is 17.5. The number of carbonyl (C=O) groups is 1. The lowest BCUT2D eigenvalue weighted by Gasteiger charge is -2.21. The first kappa shape index (κ1) is 27.5. The summed E-state index contributed by atoms with van der Waals surface area (Å²) in [6.45, 7) is 3.61. The maximum Gasteiger partial charge on any atom is 0.573 e. The molecule has 1 heterocycles. The van der Waals surface area contributed by atoms with Gasteiger partial charge in [0.2, 0.25) is 5.95 Å². The van der Waals surface area contributed by atoms with Crippen molar-refractivity contribution >= 4 is 23.4 Å². The fourth-order valence-corrected chi connectivity index (χ4v) is 3.35. The van der Waals surface area contributed by atoms with Crippen molar-refractivity contribution in [3.8, 4) is 22.8 Å². The number of aliphatic hydroxyl groups is 1. The molecule has 3 rings (SSSR count). The van der Waals surface area contributed by atoms with Crippen LogP contribution in [0.1, 0.15) is 24.2 Å². The number of benzene rings is 2. The fraction of sp³-hybridized carbons (Fsp3) is 0.320. The van der Waals surface area contributed by atoms with Crippen LogP contribution in [0.5, 0.6) is 11.5 Å². The maximum atomic E-state index is 12.8. The van der Waals surface area contributed by atoms with Gasteiger partial charge in [0.1, 0.15) is 17.3 Å². The molecule has 0 spiro atoms. The van der Waals surface area contributed by atoms with Crippen molar-refractivity contribution in [2.75, 3.05) is 31.5 Å². The zero-order valence-electron chi connectivity index (χ0n) is 20.6. The monoisotopic (exact) mass is 520 g/mol. The highest BCUT2D eigenvalue weighted by molar-refractivity contribution is 5.91. The lowest BCUT2D eigenvalue weighted by Crippen LogP contribution is -2.30. The van der Waals surface area contributed by atoms with Crippen LogP contribution in [0, 0.1) is 5.92 Å². The number of hydrogen-bond acceptors (Lipinski definition) is 9. The van der Waals surface area contributed by atoms with Crippen molar-refractivity contribution in [2.45, 2.75) is 26.3 Å². The van der Waals surface area contributed by atoms with Crippen LogP contribution in [-0.2, 0) is 4.74 Å². The Morgan fingerprint density at radius 3 is 2.46 bits per heavy atom. The summed E-state index contributed by atoms with van der Waals surface area (Å²) >= 11 is 0. The quantitative estimate of drug-likeness (QED) is 0.317. The van der Waals surface area contributed by atoms with Gasteiger partial charge < -0.3 is 30.0 Å². The molecule has 0 saturated heterocycles. The zero-order valence-corrected chi connectivity index (χ0v) is 20.6. The van der Waals surface area contributed by atoms with Crippen LogP contribution in [0.2, 0.25) is 0 Å². The van der Waals surface area contributed by atoms with Crippen molar-refractivity contribution in [1.29, 1.82) is 0 Å². The van der Waals surface area contributed by atoms with E-state index in [1.807, 2.05) is 13.8 Å². The molecule has 1 atom stereocenters. The summed E-state index contributed by atoms with van der Waals surface area (Å²) in [5.74, 6) is -0.170. The highest BCUT2D eigenvalue weighted by Crippen LogP contribution is 2.32. The minimum Gasteiger partial charge on any atom is -0.495 e. The van der Waals surface area contributed by atoms with Gasteiger partial charge in [-0.3, -0.25) is 0 Å². The molecule has 37 heavy (non-hydrogen) atoms. The average molecular weight is 521 g/mol. The van der Waals surface area contributed by atoms with Gasteiger partial charge in [-0.05, 0) is 36.2 Å². The van der Waals surface area contributed by atoms with Crippen molar-refractivity contribution in [3.05, 3.63) is 54.1 Å². The maximum absolute atomic E-state index is 12.8. The molecule has 0 unspecified atom stereocenters. The molecule has 198 valence electrons. The molecule has 0 aliphatic rings. The van der Waals surface area contributed by atoms with Gasteiger partial charge in [0.05, 0.1) is 43.8 Å². The molecule has 3 aromatic rings. The molecule has 0 amide bonds. The minimum absolute atomic E-state index is 0.0222. The largest absolute Gasteiger partial charge is 0.573 e. The van der Waals surface area contributed by atoms with E-state index in [9.17, 15) is 23.1 Å². The Hall–Kier alpha value is -4.06. The smallest absolute Gasteiger partial charge is 0.495 e. The molecule has 0 bridgehead atoms. The number of carbonyl (C=O) groups excluding carboxylic acids is 1. The molecule has 1 aromatic heterocycles. The molecule has 9 nitrogen and oxygen atoms in total. The number of methoxy groups -OCH3 is 2. The number of anilines is 3. The molecule has 0 aliphatic heterocycles. The molecular weight excluding hydrogens is 493 g/mol. The average Bonchev–Trinajstić information content (AvgIpc) is 2.85. The summed E-state index contributed by atoms with van der Waals surface area (Å²) < 4.78 is 52.5. The molecule has 2 aromatic carbocycles. The Bertz CT molecular complexity index is 1240. The predicted octanol–water partition coefficient (Wildman–Crippen LogP) is 5.01. The predicted molar refractivity (Wildman–Crippen MR) is 131 cm³/mol. The Labute approximate surface area is 211 Å². The van der Waals surface area contributed by atoms with Crippen LogP contribution in [0.3, 0.4) is 0 Å². The zero-order chi connectivity index (χ0) is 27.2. The fourth-order valence-electron chi connectivity index (χ4n) is 3.35. The first-order valence-corrected chi connectivity index (χ1v) is 11.2. The van der Waals surface area contributed by atoms with Crippen molar-refractivity contribution < 1.29 is 37.3 Å². The van der Waals surface area contributed by atoms with Crippen LogP contribution >= 0.6 is 0 Å². The molecule has 0 saturated carbocycles. The first-order valence-electron chi connectivity index (χ1n) is 11.2. The molecule has 12 heteroatoms. The van der Waals surface area contributed by atoms with E-state index in [4.69, 9.17) is 9.47 Å². The number of aliphatic hydroxyl groups excluding tert-OH is 1. The van der Waals surface area contributed by atoms with Gasteiger partial charge in [0.15, 0.2) is 0 Å². The Kier molecular flexibility index (Phi) is 8.77. The van der Waals surface area contributed by atoms with Crippen molar-refractivity contribution in [3.63, 3.8) is 0 Å². The number of aromatic nitrogens is 2. The molecular formula is C25H27F3N4O5. The topological polar surface area (TPSA) is 115 Å². The third-order valence-corrected chi connectivity index (χ3v) is 5.29. The number of ether oxygens (including phenoxy) is 3. The third-order valence-electron chi connectivity index (χ3n) is 5.29. The highest BCUT2D eigenvalue weighted by atomic mass is 19.4. The number of nitrogens with zero attached hydrogens (tertiary/aromatic N) is 2. The van der Waals surface area contributed by atoms with E-state index in [0.717, 1.165) is 0 Å². The van der Waals surface area contributed by atoms with Crippen LogP contribution in [0.15, 0.2) is 48.5 Å². The number of nitrogens with one attached hydrogen (secondary N) is 2. The van der Waals surface area contributed by atoms with E-state index < -0.39 is 18.1 Å². The van der Waals surface area contributed by atoms with Gasteiger partial charge in [-0.25, -0.2) is 9.78 Å². The molecule has 3 N–H and O–H groups in total. The summed E-state index contributed by atoms with van der Waals surface area (Å²) in [7, 11) is 2.72. The second-order valence-electron chi connectivity index (χ2n) is 8.25. The van der Waals surface area contributed by atoms with Crippen molar-refractivity contribution in [2.24, 2.45) is 5.92 Å². The van der Waals surface area contributed by atoms with Gasteiger partial charge in [-0.1, -0.05) is 26.0 Å². The summed E-state index contributed by atoms with van der Waals surface area (Å²) in [6, 6.07) is 11.1. The summed E-state index contributed by atoms with van der Waals surface area (Å²) in [6.07, 6.45) is -4.85. The Morgan fingerprint density at radius 1 is 1.08 bits per heavy atom. The van der Waals surface area contributed by atoms with Gasteiger partial charge in [0, 0.05) is 11.6 Å². The van der Waals surface area contributed by atoms with Crippen LogP contribution in [-0.4, -0.2) is 54.3 Å². The lowest BCUT2D eigenvalue weighted by atomic mass is 10.1. The second kappa shape index (κ2) is 11.8. The number of esters is 1. The van der Waals surface area contributed by atoms with E-state index in [1.165, 1.54) is 50.6 Å². The summed E-state index contributed by atoms with van der Waals surface area (Å²) in [5, 5.41) is 15.9. The van der Waals surface area contributed by atoms with Gasteiger partial charge in [-0.2, -0.15) is 4.98 Å². The van der Waals surface area contributed by atoms with E-state index in [2.05, 4.69) is 25.3 Å². The Morgan fingerprint density at radius 2 is 1.84 bits per heavy atom. The van der Waals surface area contributed by atoms with E-state index in [-0.39, 0.29) is 41.6 Å². The number of halogens is 3. The molecule has 0 aliphatic carbocycles. The van der Waals surface area contributed by atoms with Crippen LogP contribution < -0.4 is 20.1 Å². The van der Waals surface area contributed by atoms with Gasteiger partial charge >= 0.3 is 12.3 Å². The number of hydrogen-bond donors (Lipinski definition) is 3. The number of rotatable bonds is 10. The SMILES string of the molecule is COC(=O)c1ccc(OC)c(Nc2cc(-c3cccc(OC(F)(F)F)c3)nc(N[C@H](CO)C(C)C)n2)c1. The standard InChI is InChI=1S/C25H27F3N4O5/c1-14(2)20(13-33)31-24-30-18(15-6-5-7-17(10-15)37-25(26,27)28)12-22(32-24)29-19-11-16(23(34)36-4)8-9-21(19)35-3/h5-12,14,20,33H,13H2,1-4H3,(H2,29,30,31,32)/t20-/m1/s1. The second-order valence-corrected chi connectivity index (χ2v) is 8.25. The van der Waals surface area contributed by atoms with E-state index in [1.54, 1.807) is 12.1 Å². The highest BCUT2D eigenvalue weighted by Gasteiger charge is 2.31. The van der Waals surface area contributed by atoms with Gasteiger partial charge in [0.25, 0.3) is 0 Å². The normalized spacial score (nSPS) is 12.1. The molecule has 0 radical (unpaired) electrons. The summed E-state index contributed by atoms with van der Waals surface area (Å²) in [4.78, 5) is 20.9. The van der Waals surface area contributed by atoms with Gasteiger partial charge in [-0.15, -0.1) is 13.2 Å². The lowest BCUT2D eigenvalue weighted by molar-refractivity contribution is -0.274. The third kappa shape index (κ3) is 7.46. The van der Waals surface area contributed by atoms with Crippen molar-refractivity contribution in [1.82, 2.24) is 9.97 Å². The molecule has 0 fully saturated rings.